The number of hydrogen-bond acceptors (Lipinski definition) is 3. The first-order chi connectivity index (χ1) is 10.2. The summed E-state index contributed by atoms with van der Waals surface area (Å²) in [6.07, 6.45) is 2.51. The van der Waals surface area contributed by atoms with Crippen molar-refractivity contribution in [3.63, 3.8) is 0 Å². The fourth-order valence-electron chi connectivity index (χ4n) is 2.41. The van der Waals surface area contributed by atoms with Crippen molar-refractivity contribution in [3.05, 3.63) is 39.7 Å². The average molecular weight is 416 g/mol. The van der Waals surface area contributed by atoms with Gasteiger partial charge in [0.05, 0.1) is 17.6 Å². The van der Waals surface area contributed by atoms with Crippen molar-refractivity contribution in [1.29, 1.82) is 0 Å². The molecule has 0 fully saturated rings. The Morgan fingerprint density at radius 2 is 2.14 bits per heavy atom. The Labute approximate surface area is 141 Å². The van der Waals surface area contributed by atoms with E-state index in [4.69, 9.17) is 16.6 Å². The summed E-state index contributed by atoms with van der Waals surface area (Å²) in [6, 6.07) is 6.29. The molecule has 2 heterocycles. The van der Waals surface area contributed by atoms with Crippen LogP contribution in [0.2, 0.25) is 0 Å². The highest BCUT2D eigenvalue weighted by Gasteiger charge is 2.13. The summed E-state index contributed by atoms with van der Waals surface area (Å²) in [5, 5.41) is 8.21. The number of benzene rings is 1. The Hall–Kier alpha value is -1.15. The van der Waals surface area contributed by atoms with Gasteiger partial charge in [-0.2, -0.15) is 0 Å². The van der Waals surface area contributed by atoms with Crippen molar-refractivity contribution in [2.24, 2.45) is 0 Å². The zero-order valence-electron chi connectivity index (χ0n) is 11.6. The second-order valence-electron chi connectivity index (χ2n) is 4.72. The molecule has 5 nitrogen and oxygen atoms in total. The monoisotopic (exact) mass is 415 g/mol. The maximum absolute atomic E-state index is 5.92. The van der Waals surface area contributed by atoms with E-state index in [1.54, 1.807) is 6.33 Å². The van der Waals surface area contributed by atoms with Crippen molar-refractivity contribution < 1.29 is 0 Å². The lowest BCUT2D eigenvalue weighted by Gasteiger charge is -2.09. The van der Waals surface area contributed by atoms with Crippen molar-refractivity contribution in [1.82, 2.24) is 24.3 Å². The number of hydrogen-bond donors (Lipinski definition) is 0. The molecule has 0 aliphatic heterocycles. The topological polar surface area (TPSA) is 48.5 Å². The molecule has 0 saturated carbocycles. The van der Waals surface area contributed by atoms with Crippen LogP contribution in [-0.2, 0) is 19.5 Å². The van der Waals surface area contributed by atoms with Crippen molar-refractivity contribution in [3.8, 4) is 0 Å². The fourth-order valence-corrected chi connectivity index (χ4v) is 3.06. The summed E-state index contributed by atoms with van der Waals surface area (Å²) in [5.41, 5.74) is 2.12. The quantitative estimate of drug-likeness (QED) is 0.475. The van der Waals surface area contributed by atoms with Crippen LogP contribution in [0.3, 0.4) is 0 Å². The van der Waals surface area contributed by atoms with Gasteiger partial charge < -0.3 is 9.13 Å². The van der Waals surface area contributed by atoms with Gasteiger partial charge in [0.15, 0.2) is 5.82 Å². The molecule has 0 aliphatic rings. The van der Waals surface area contributed by atoms with Gasteiger partial charge in [-0.15, -0.1) is 21.8 Å². The van der Waals surface area contributed by atoms with E-state index in [0.717, 1.165) is 35.6 Å². The predicted molar refractivity (Wildman–Crippen MR) is 91.7 cm³/mol. The first-order valence-corrected chi connectivity index (χ1v) is 8.41. The van der Waals surface area contributed by atoms with E-state index < -0.39 is 0 Å². The van der Waals surface area contributed by atoms with E-state index in [1.165, 1.54) is 3.57 Å². The molecule has 0 N–H and O–H groups in total. The third-order valence-corrected chi connectivity index (χ3v) is 4.30. The van der Waals surface area contributed by atoms with Crippen LogP contribution >= 0.6 is 34.2 Å². The molecule has 0 aliphatic carbocycles. The van der Waals surface area contributed by atoms with Crippen LogP contribution < -0.4 is 0 Å². The van der Waals surface area contributed by atoms with E-state index in [-0.39, 0.29) is 0 Å². The number of fused-ring (bicyclic) bond motifs is 1. The first-order valence-electron chi connectivity index (χ1n) is 6.80. The van der Waals surface area contributed by atoms with Gasteiger partial charge in [-0.05, 0) is 47.7 Å². The SMILES string of the molecule is CCn1cnnc1Cn1c(CCCl)nc2cc(I)ccc21. The van der Waals surface area contributed by atoms with E-state index >= 15 is 0 Å². The molecule has 7 heteroatoms. The Bertz CT molecular complexity index is 764. The Kier molecular flexibility index (Phi) is 4.44. The molecular weight excluding hydrogens is 401 g/mol. The van der Waals surface area contributed by atoms with Crippen LogP contribution in [0.15, 0.2) is 24.5 Å². The summed E-state index contributed by atoms with van der Waals surface area (Å²) in [4.78, 5) is 4.72. The molecule has 0 atom stereocenters. The molecule has 1 aromatic carbocycles. The molecule has 0 saturated heterocycles. The normalized spacial score (nSPS) is 11.4. The molecule has 0 bridgehead atoms. The van der Waals surface area contributed by atoms with Crippen molar-refractivity contribution in [2.45, 2.75) is 26.4 Å². The number of aryl methyl sites for hydroxylation is 2. The van der Waals surface area contributed by atoms with Gasteiger partial charge in [0, 0.05) is 22.4 Å². The molecule has 3 aromatic rings. The molecule has 110 valence electrons. The van der Waals surface area contributed by atoms with Crippen LogP contribution in [0.25, 0.3) is 11.0 Å². The lowest BCUT2D eigenvalue weighted by atomic mass is 10.3. The van der Waals surface area contributed by atoms with Crippen LogP contribution in [0, 0.1) is 3.57 Å². The Morgan fingerprint density at radius 1 is 1.29 bits per heavy atom. The zero-order valence-corrected chi connectivity index (χ0v) is 14.5. The second kappa shape index (κ2) is 6.31. The van der Waals surface area contributed by atoms with E-state index in [0.29, 0.717) is 12.4 Å². The first kappa shape index (κ1) is 14.8. The van der Waals surface area contributed by atoms with Gasteiger partial charge in [-0.1, -0.05) is 0 Å². The molecule has 2 aromatic heterocycles. The molecule has 0 amide bonds. The lowest BCUT2D eigenvalue weighted by molar-refractivity contribution is 0.643. The van der Waals surface area contributed by atoms with Crippen LogP contribution in [-0.4, -0.2) is 30.2 Å². The smallest absolute Gasteiger partial charge is 0.152 e. The number of alkyl halides is 1. The van der Waals surface area contributed by atoms with Crippen LogP contribution in [0.1, 0.15) is 18.6 Å². The minimum atomic E-state index is 0.556. The average Bonchev–Trinajstić information content (AvgIpc) is 3.04. The van der Waals surface area contributed by atoms with Crippen LogP contribution in [0.4, 0.5) is 0 Å². The lowest BCUT2D eigenvalue weighted by Crippen LogP contribution is -2.11. The summed E-state index contributed by atoms with van der Waals surface area (Å²) >= 11 is 8.22. The predicted octanol–water partition coefficient (Wildman–Crippen LogP) is 3.08. The minimum absolute atomic E-state index is 0.556. The third-order valence-electron chi connectivity index (χ3n) is 3.44. The second-order valence-corrected chi connectivity index (χ2v) is 6.34. The Morgan fingerprint density at radius 3 is 2.90 bits per heavy atom. The van der Waals surface area contributed by atoms with Gasteiger partial charge in [-0.3, -0.25) is 0 Å². The zero-order chi connectivity index (χ0) is 14.8. The fraction of sp³-hybridized carbons (Fsp3) is 0.357. The number of halogens is 2. The summed E-state index contributed by atoms with van der Waals surface area (Å²) in [7, 11) is 0. The maximum Gasteiger partial charge on any atom is 0.152 e. The van der Waals surface area contributed by atoms with Gasteiger partial charge in [-0.25, -0.2) is 4.98 Å². The maximum atomic E-state index is 5.92. The molecule has 21 heavy (non-hydrogen) atoms. The molecular formula is C14H15ClIN5. The molecule has 0 unspecified atom stereocenters. The molecule has 0 radical (unpaired) electrons. The standard InChI is InChI=1S/C14H15ClIN5/c1-2-20-9-17-19-14(20)8-21-12-4-3-10(16)7-11(12)18-13(21)5-6-15/h3-4,7,9H,2,5-6,8H2,1H3. The van der Waals surface area contributed by atoms with E-state index in [1.807, 2.05) is 4.57 Å². The summed E-state index contributed by atoms with van der Waals surface area (Å²) < 4.78 is 5.41. The molecule has 3 rings (SSSR count). The number of nitrogens with zero attached hydrogens (tertiary/aromatic N) is 5. The summed E-state index contributed by atoms with van der Waals surface area (Å²) in [6.45, 7) is 3.61. The number of aromatic nitrogens is 5. The van der Waals surface area contributed by atoms with Gasteiger partial charge in [0.25, 0.3) is 0 Å². The number of imidazole rings is 1. The van der Waals surface area contributed by atoms with Crippen LogP contribution in [0.5, 0.6) is 0 Å². The third kappa shape index (κ3) is 2.91. The Balaban J connectivity index is 2.08. The van der Waals surface area contributed by atoms with Gasteiger partial charge >= 0.3 is 0 Å². The van der Waals surface area contributed by atoms with Gasteiger partial charge in [0.1, 0.15) is 12.2 Å². The van der Waals surface area contributed by atoms with Gasteiger partial charge in [0.2, 0.25) is 0 Å². The van der Waals surface area contributed by atoms with Crippen molar-refractivity contribution in [2.75, 3.05) is 5.88 Å². The van der Waals surface area contributed by atoms with E-state index in [2.05, 4.69) is 62.5 Å². The largest absolute Gasteiger partial charge is 0.320 e. The van der Waals surface area contributed by atoms with Crippen molar-refractivity contribution >= 4 is 45.2 Å². The minimum Gasteiger partial charge on any atom is -0.320 e. The highest BCUT2D eigenvalue weighted by Crippen LogP contribution is 2.20. The molecule has 0 spiro atoms. The number of rotatable bonds is 5. The highest BCUT2D eigenvalue weighted by molar-refractivity contribution is 14.1. The van der Waals surface area contributed by atoms with E-state index in [9.17, 15) is 0 Å². The summed E-state index contributed by atoms with van der Waals surface area (Å²) in [5.74, 6) is 2.49. The highest BCUT2D eigenvalue weighted by atomic mass is 127.